The third-order valence-corrected chi connectivity index (χ3v) is 2.54. The van der Waals surface area contributed by atoms with E-state index in [1.165, 1.54) is 0 Å². The molecular formula is C13H19NOS. The SMILES string of the molecule is CCCCOC(CC(N)=S)c1ccccc1. The van der Waals surface area contributed by atoms with Gasteiger partial charge in [-0.2, -0.15) is 0 Å². The Morgan fingerprint density at radius 1 is 1.38 bits per heavy atom. The van der Waals surface area contributed by atoms with Gasteiger partial charge in [0.15, 0.2) is 0 Å². The first-order chi connectivity index (χ1) is 7.74. The average Bonchev–Trinajstić information content (AvgIpc) is 2.29. The van der Waals surface area contributed by atoms with Crippen molar-refractivity contribution in [2.45, 2.75) is 32.3 Å². The van der Waals surface area contributed by atoms with Crippen molar-refractivity contribution in [3.05, 3.63) is 35.9 Å². The minimum atomic E-state index is 0.00486. The smallest absolute Gasteiger partial charge is 0.0887 e. The number of rotatable bonds is 7. The summed E-state index contributed by atoms with van der Waals surface area (Å²) in [6.45, 7) is 2.91. The van der Waals surface area contributed by atoms with E-state index >= 15 is 0 Å². The highest BCUT2D eigenvalue weighted by atomic mass is 32.1. The Bertz CT molecular complexity index is 313. The number of nitrogens with two attached hydrogens (primary N) is 1. The third-order valence-electron chi connectivity index (χ3n) is 2.37. The first-order valence-corrected chi connectivity index (χ1v) is 6.09. The van der Waals surface area contributed by atoms with E-state index in [4.69, 9.17) is 22.7 Å². The van der Waals surface area contributed by atoms with Crippen molar-refractivity contribution < 1.29 is 4.74 Å². The van der Waals surface area contributed by atoms with Crippen LogP contribution in [0, 0.1) is 0 Å². The topological polar surface area (TPSA) is 35.2 Å². The molecule has 1 aromatic carbocycles. The quantitative estimate of drug-likeness (QED) is 0.584. The van der Waals surface area contributed by atoms with Crippen molar-refractivity contribution in [1.29, 1.82) is 0 Å². The zero-order valence-electron chi connectivity index (χ0n) is 9.69. The van der Waals surface area contributed by atoms with Crippen LogP contribution < -0.4 is 5.73 Å². The van der Waals surface area contributed by atoms with Gasteiger partial charge in [0.25, 0.3) is 0 Å². The van der Waals surface area contributed by atoms with E-state index in [1.54, 1.807) is 0 Å². The maximum absolute atomic E-state index is 5.81. The highest BCUT2D eigenvalue weighted by molar-refractivity contribution is 7.80. The van der Waals surface area contributed by atoms with Gasteiger partial charge in [-0.1, -0.05) is 55.9 Å². The second kappa shape index (κ2) is 7.36. The van der Waals surface area contributed by atoms with Crippen LogP contribution in [-0.4, -0.2) is 11.6 Å². The van der Waals surface area contributed by atoms with Crippen LogP contribution in [-0.2, 0) is 4.74 Å². The molecule has 0 saturated heterocycles. The highest BCUT2D eigenvalue weighted by Crippen LogP contribution is 2.21. The number of hydrogen-bond donors (Lipinski definition) is 1. The molecule has 0 bridgehead atoms. The van der Waals surface area contributed by atoms with E-state index in [1.807, 2.05) is 18.2 Å². The van der Waals surface area contributed by atoms with Gasteiger partial charge in [0.05, 0.1) is 11.1 Å². The maximum Gasteiger partial charge on any atom is 0.0887 e. The van der Waals surface area contributed by atoms with Crippen molar-refractivity contribution in [3.8, 4) is 0 Å². The lowest BCUT2D eigenvalue weighted by Crippen LogP contribution is -2.16. The van der Waals surface area contributed by atoms with Crippen LogP contribution >= 0.6 is 12.2 Å². The van der Waals surface area contributed by atoms with E-state index in [2.05, 4.69) is 19.1 Å². The molecule has 0 spiro atoms. The number of unbranched alkanes of at least 4 members (excludes halogenated alkanes) is 1. The molecule has 0 heterocycles. The van der Waals surface area contributed by atoms with Crippen molar-refractivity contribution in [2.24, 2.45) is 5.73 Å². The number of ether oxygens (including phenoxy) is 1. The molecule has 1 aromatic rings. The van der Waals surface area contributed by atoms with Crippen LogP contribution in [0.4, 0.5) is 0 Å². The predicted molar refractivity (Wildman–Crippen MR) is 71.4 cm³/mol. The molecule has 0 aliphatic carbocycles. The first kappa shape index (κ1) is 13.1. The van der Waals surface area contributed by atoms with Crippen LogP contribution in [0.3, 0.4) is 0 Å². The van der Waals surface area contributed by atoms with Crippen molar-refractivity contribution >= 4 is 17.2 Å². The van der Waals surface area contributed by atoms with Crippen LogP contribution in [0.1, 0.15) is 37.9 Å². The molecule has 0 radical (unpaired) electrons. The molecule has 2 N–H and O–H groups in total. The summed E-state index contributed by atoms with van der Waals surface area (Å²) in [5.74, 6) is 0. The van der Waals surface area contributed by atoms with Crippen LogP contribution in [0.25, 0.3) is 0 Å². The molecular weight excluding hydrogens is 218 g/mol. The fourth-order valence-electron chi connectivity index (χ4n) is 1.49. The monoisotopic (exact) mass is 237 g/mol. The van der Waals surface area contributed by atoms with Gasteiger partial charge in [-0.15, -0.1) is 0 Å². The number of benzene rings is 1. The highest BCUT2D eigenvalue weighted by Gasteiger charge is 2.12. The molecule has 0 aliphatic rings. The molecule has 2 nitrogen and oxygen atoms in total. The molecule has 1 atom stereocenters. The van der Waals surface area contributed by atoms with Gasteiger partial charge < -0.3 is 10.5 Å². The fourth-order valence-corrected chi connectivity index (χ4v) is 1.64. The first-order valence-electron chi connectivity index (χ1n) is 5.69. The molecule has 0 fully saturated rings. The summed E-state index contributed by atoms with van der Waals surface area (Å²) >= 11 is 4.95. The summed E-state index contributed by atoms with van der Waals surface area (Å²) in [5.41, 5.74) is 6.73. The van der Waals surface area contributed by atoms with E-state index in [0.717, 1.165) is 25.0 Å². The zero-order valence-corrected chi connectivity index (χ0v) is 10.5. The van der Waals surface area contributed by atoms with Crippen molar-refractivity contribution in [1.82, 2.24) is 0 Å². The molecule has 0 amide bonds. The van der Waals surface area contributed by atoms with Crippen LogP contribution in [0.15, 0.2) is 30.3 Å². The number of hydrogen-bond acceptors (Lipinski definition) is 2. The number of thiocarbonyl (C=S) groups is 1. The zero-order chi connectivity index (χ0) is 11.8. The van der Waals surface area contributed by atoms with Crippen molar-refractivity contribution in [2.75, 3.05) is 6.61 Å². The second-order valence-electron chi connectivity index (χ2n) is 3.79. The minimum absolute atomic E-state index is 0.00486. The van der Waals surface area contributed by atoms with Crippen LogP contribution in [0.2, 0.25) is 0 Å². The Hall–Kier alpha value is -0.930. The van der Waals surface area contributed by atoms with Gasteiger partial charge in [0.2, 0.25) is 0 Å². The fraction of sp³-hybridized carbons (Fsp3) is 0.462. The molecule has 1 rings (SSSR count). The molecule has 0 saturated carbocycles. The van der Waals surface area contributed by atoms with Gasteiger partial charge in [0.1, 0.15) is 0 Å². The van der Waals surface area contributed by atoms with Crippen molar-refractivity contribution in [3.63, 3.8) is 0 Å². The van der Waals surface area contributed by atoms with E-state index < -0.39 is 0 Å². The third kappa shape index (κ3) is 4.73. The molecule has 0 aliphatic heterocycles. The summed E-state index contributed by atoms with van der Waals surface area (Å²) in [6, 6.07) is 10.1. The summed E-state index contributed by atoms with van der Waals surface area (Å²) in [6.07, 6.45) is 2.82. The average molecular weight is 237 g/mol. The molecule has 0 aromatic heterocycles. The van der Waals surface area contributed by atoms with Gasteiger partial charge >= 0.3 is 0 Å². The van der Waals surface area contributed by atoms with Crippen LogP contribution in [0.5, 0.6) is 0 Å². The molecule has 3 heteroatoms. The van der Waals surface area contributed by atoms with Gasteiger partial charge in [-0.3, -0.25) is 0 Å². The Morgan fingerprint density at radius 3 is 2.62 bits per heavy atom. The lowest BCUT2D eigenvalue weighted by molar-refractivity contribution is 0.0558. The summed E-state index contributed by atoms with van der Waals surface area (Å²) in [4.78, 5) is 0.505. The minimum Gasteiger partial charge on any atom is -0.393 e. The van der Waals surface area contributed by atoms with Gasteiger partial charge in [-0.25, -0.2) is 0 Å². The summed E-state index contributed by atoms with van der Waals surface area (Å²) in [7, 11) is 0. The standard InChI is InChI=1S/C13H19NOS/c1-2-3-9-15-12(10-13(14)16)11-7-5-4-6-8-11/h4-8,12H,2-3,9-10H2,1H3,(H2,14,16). The Morgan fingerprint density at radius 2 is 2.06 bits per heavy atom. The normalized spacial score (nSPS) is 12.3. The Labute approximate surface area is 103 Å². The Kier molecular flexibility index (Phi) is 6.04. The summed E-state index contributed by atoms with van der Waals surface area (Å²) in [5, 5.41) is 0. The predicted octanol–water partition coefficient (Wildman–Crippen LogP) is 3.22. The van der Waals surface area contributed by atoms with E-state index in [9.17, 15) is 0 Å². The van der Waals surface area contributed by atoms with E-state index in [0.29, 0.717) is 11.4 Å². The van der Waals surface area contributed by atoms with Gasteiger partial charge in [-0.05, 0) is 12.0 Å². The molecule has 1 unspecified atom stereocenters. The molecule has 16 heavy (non-hydrogen) atoms. The summed E-state index contributed by atoms with van der Waals surface area (Å²) < 4.78 is 5.81. The second-order valence-corrected chi connectivity index (χ2v) is 4.32. The molecule has 88 valence electrons. The lowest BCUT2D eigenvalue weighted by Gasteiger charge is -2.17. The van der Waals surface area contributed by atoms with E-state index in [-0.39, 0.29) is 6.10 Å². The maximum atomic E-state index is 5.81. The lowest BCUT2D eigenvalue weighted by atomic mass is 10.1. The van der Waals surface area contributed by atoms with Gasteiger partial charge in [0, 0.05) is 13.0 Å². The Balaban J connectivity index is 2.60. The largest absolute Gasteiger partial charge is 0.393 e.